The van der Waals surface area contributed by atoms with Gasteiger partial charge in [0.1, 0.15) is 11.6 Å². The van der Waals surface area contributed by atoms with Gasteiger partial charge in [-0.2, -0.15) is 8.78 Å². The summed E-state index contributed by atoms with van der Waals surface area (Å²) >= 11 is 0. The number of piperidine rings is 1. The number of carbonyl (C=O) groups excluding carboxylic acids is 1. The van der Waals surface area contributed by atoms with Crippen molar-refractivity contribution >= 4 is 17.4 Å². The smallest absolute Gasteiger partial charge is 0.299 e. The molecule has 3 aliphatic carbocycles. The largest absolute Gasteiger partial charge is 0.341 e. The number of rotatable bonds is 5. The Morgan fingerprint density at radius 1 is 0.889 bits per heavy atom. The molecule has 45 heavy (non-hydrogen) atoms. The average Bonchev–Trinajstić information content (AvgIpc) is 3.70. The van der Waals surface area contributed by atoms with Gasteiger partial charge in [0, 0.05) is 29.3 Å². The first-order valence-electron chi connectivity index (χ1n) is 16.1. The fourth-order valence-corrected chi connectivity index (χ4v) is 8.73. The fourth-order valence-electron chi connectivity index (χ4n) is 8.73. The number of hydrogen-bond donors (Lipinski definition) is 3. The van der Waals surface area contributed by atoms with Crippen LogP contribution in [0.15, 0.2) is 60.8 Å². The summed E-state index contributed by atoms with van der Waals surface area (Å²) < 4.78 is 32.3. The Morgan fingerprint density at radius 3 is 2.38 bits per heavy atom. The molecule has 5 aromatic rings. The topological polar surface area (TPSA) is 89.7 Å². The zero-order chi connectivity index (χ0) is 30.1. The van der Waals surface area contributed by atoms with Crippen LogP contribution in [0, 0.1) is 11.3 Å². The molecule has 4 heterocycles. The highest BCUT2D eigenvalue weighted by atomic mass is 19.3. The fraction of sp³-hybridized carbons (Fsp3) is 0.361. The van der Waals surface area contributed by atoms with E-state index in [1.807, 2.05) is 41.3 Å². The molecule has 3 aromatic carbocycles. The maximum atomic E-state index is 16.2. The number of alkyl halides is 2. The predicted octanol–water partition coefficient (Wildman–Crippen LogP) is 7.24. The summed E-state index contributed by atoms with van der Waals surface area (Å²) in [7, 11) is 0. The van der Waals surface area contributed by atoms with Gasteiger partial charge in [0.2, 0.25) is 6.41 Å². The van der Waals surface area contributed by atoms with Crippen LogP contribution in [0.25, 0.3) is 44.5 Å². The first-order chi connectivity index (χ1) is 21.9. The van der Waals surface area contributed by atoms with Crippen LogP contribution in [0.4, 0.5) is 8.78 Å². The van der Waals surface area contributed by atoms with Crippen molar-refractivity contribution in [3.05, 3.63) is 83.6 Å². The number of halogens is 2. The first kappa shape index (κ1) is 25.9. The number of likely N-dealkylation sites (tertiary alicyclic amines) is 1. The zero-order valence-electron chi connectivity index (χ0n) is 24.6. The van der Waals surface area contributed by atoms with E-state index < -0.39 is 5.92 Å². The summed E-state index contributed by atoms with van der Waals surface area (Å²) in [5.41, 5.74) is 6.15. The highest BCUT2D eigenvalue weighted by Gasteiger charge is 2.53. The Hall–Kier alpha value is -4.37. The van der Waals surface area contributed by atoms with Gasteiger partial charge in [0.15, 0.2) is 0 Å². The first-order valence-corrected chi connectivity index (χ1v) is 16.1. The molecule has 4 atom stereocenters. The van der Waals surface area contributed by atoms with Crippen LogP contribution in [-0.4, -0.2) is 43.8 Å². The molecule has 5 aliphatic rings. The number of aromatic amines is 2. The normalized spacial score (nSPS) is 26.6. The van der Waals surface area contributed by atoms with E-state index in [0.717, 1.165) is 60.2 Å². The van der Waals surface area contributed by atoms with Crippen LogP contribution in [0.1, 0.15) is 73.4 Å². The Morgan fingerprint density at radius 2 is 1.64 bits per heavy atom. The van der Waals surface area contributed by atoms with Crippen LogP contribution in [0.5, 0.6) is 0 Å². The molecule has 0 radical (unpaired) electrons. The summed E-state index contributed by atoms with van der Waals surface area (Å²) in [6.45, 7) is 0.762. The van der Waals surface area contributed by atoms with Crippen molar-refractivity contribution in [3.8, 4) is 33.5 Å². The molecule has 4 unspecified atom stereocenters. The van der Waals surface area contributed by atoms with Crippen LogP contribution < -0.4 is 5.32 Å². The van der Waals surface area contributed by atoms with Gasteiger partial charge in [0.05, 0.1) is 35.0 Å². The summed E-state index contributed by atoms with van der Waals surface area (Å²) in [5, 5.41) is 3.70. The van der Waals surface area contributed by atoms with Crippen molar-refractivity contribution in [1.82, 2.24) is 30.2 Å². The Balaban J connectivity index is 0.952. The van der Waals surface area contributed by atoms with E-state index in [1.165, 1.54) is 19.3 Å². The molecule has 10 rings (SSSR count). The molecule has 3 N–H and O–H groups in total. The van der Waals surface area contributed by atoms with Gasteiger partial charge in [0.25, 0.3) is 5.92 Å². The summed E-state index contributed by atoms with van der Waals surface area (Å²) in [5.74, 6) is -0.826. The number of aromatic nitrogens is 4. The molecular weight excluding hydrogens is 570 g/mol. The lowest BCUT2D eigenvalue weighted by Gasteiger charge is -2.20. The third kappa shape index (κ3) is 3.79. The Kier molecular flexibility index (Phi) is 5.11. The number of amides is 1. The third-order valence-corrected chi connectivity index (χ3v) is 11.4. The number of imidazole rings is 2. The average molecular weight is 603 g/mol. The molecule has 1 spiro atoms. The van der Waals surface area contributed by atoms with Gasteiger partial charge in [-0.25, -0.2) is 9.97 Å². The second kappa shape index (κ2) is 8.88. The van der Waals surface area contributed by atoms with Crippen molar-refractivity contribution in [1.29, 1.82) is 0 Å². The SMILES string of the molecule is O=CN1CC2(CC2)CC1c1ncc(-c2ccc3c(c2)C(F)(F)c2cc(-c4ccc5nc(C6NC7CCC6C7)[nH]c5c4)ccc2-3)[nH]1. The summed E-state index contributed by atoms with van der Waals surface area (Å²) in [6, 6.07) is 17.4. The van der Waals surface area contributed by atoms with Gasteiger partial charge in [-0.1, -0.05) is 30.3 Å². The van der Waals surface area contributed by atoms with Crippen LogP contribution in [-0.2, 0) is 10.7 Å². The second-order valence-corrected chi connectivity index (χ2v) is 14.0. The van der Waals surface area contributed by atoms with Crippen molar-refractivity contribution in [2.75, 3.05) is 6.54 Å². The minimum absolute atomic E-state index is 0.00245. The van der Waals surface area contributed by atoms with Crippen LogP contribution in [0.2, 0.25) is 0 Å². The quantitative estimate of drug-likeness (QED) is 0.185. The van der Waals surface area contributed by atoms with Crippen molar-refractivity contribution in [2.45, 2.75) is 62.6 Å². The Labute approximate surface area is 258 Å². The minimum atomic E-state index is -3.14. The lowest BCUT2D eigenvalue weighted by Crippen LogP contribution is -2.29. The standard InChI is InChI=1S/C36H32F2N6O/c37-36(38)26-12-19(20-4-8-28-29(14-20)42-34(41-28)32-22-1-5-23(11-22)40-32)2-6-24(26)25-7-3-21(13-27(25)36)30-16-39-33(43-30)31-15-35(9-10-35)17-44(31)18-45/h2-4,6-8,12-14,16,18,22-23,31-32,40H,1,5,9-11,15,17H2,(H,39,43)(H,41,42). The van der Waals surface area contributed by atoms with E-state index >= 15 is 8.78 Å². The van der Waals surface area contributed by atoms with Gasteiger partial charge < -0.3 is 20.2 Å². The van der Waals surface area contributed by atoms with Gasteiger partial charge in [-0.15, -0.1) is 0 Å². The molecule has 1 amide bonds. The molecule has 4 fully saturated rings. The van der Waals surface area contributed by atoms with Crippen LogP contribution in [0.3, 0.4) is 0 Å². The lowest BCUT2D eigenvalue weighted by atomic mass is 9.98. The van der Waals surface area contributed by atoms with Gasteiger partial charge in [-0.05, 0) is 96.4 Å². The molecule has 2 aromatic heterocycles. The number of nitrogens with one attached hydrogen (secondary N) is 3. The molecule has 9 heteroatoms. The van der Waals surface area contributed by atoms with Gasteiger partial charge in [-0.3, -0.25) is 4.79 Å². The third-order valence-electron chi connectivity index (χ3n) is 11.4. The number of benzene rings is 3. The van der Waals surface area contributed by atoms with Crippen molar-refractivity contribution in [2.24, 2.45) is 11.3 Å². The molecule has 226 valence electrons. The maximum Gasteiger partial charge on any atom is 0.299 e. The second-order valence-electron chi connectivity index (χ2n) is 14.0. The van der Waals surface area contributed by atoms with E-state index in [4.69, 9.17) is 4.98 Å². The van der Waals surface area contributed by atoms with Crippen molar-refractivity contribution < 1.29 is 13.6 Å². The monoisotopic (exact) mass is 602 g/mol. The maximum absolute atomic E-state index is 16.2. The summed E-state index contributed by atoms with van der Waals surface area (Å²) in [4.78, 5) is 29.9. The van der Waals surface area contributed by atoms with Crippen molar-refractivity contribution in [3.63, 3.8) is 0 Å². The van der Waals surface area contributed by atoms with E-state index in [1.54, 1.807) is 24.4 Å². The number of nitrogens with zero attached hydrogens (tertiary/aromatic N) is 3. The summed E-state index contributed by atoms with van der Waals surface area (Å²) in [6.07, 6.45) is 9.47. The number of carbonyl (C=O) groups is 1. The van der Waals surface area contributed by atoms with E-state index in [0.29, 0.717) is 40.2 Å². The van der Waals surface area contributed by atoms with E-state index in [2.05, 4.69) is 20.3 Å². The number of fused-ring (bicyclic) bond motifs is 6. The van der Waals surface area contributed by atoms with E-state index in [9.17, 15) is 4.79 Å². The molecular formula is C36H32F2N6O. The Bertz CT molecular complexity index is 2040. The zero-order valence-corrected chi connectivity index (χ0v) is 24.6. The molecule has 2 saturated carbocycles. The highest BCUT2D eigenvalue weighted by Crippen LogP contribution is 2.58. The highest BCUT2D eigenvalue weighted by molar-refractivity contribution is 5.87. The van der Waals surface area contributed by atoms with Crippen LogP contribution >= 0.6 is 0 Å². The predicted molar refractivity (Wildman–Crippen MR) is 166 cm³/mol. The molecule has 2 aliphatic heterocycles. The number of H-pyrrole nitrogens is 2. The number of hydrogen-bond acceptors (Lipinski definition) is 4. The molecule has 2 bridgehead atoms. The van der Waals surface area contributed by atoms with Gasteiger partial charge >= 0.3 is 0 Å². The lowest BCUT2D eigenvalue weighted by molar-refractivity contribution is -0.119. The minimum Gasteiger partial charge on any atom is -0.341 e. The van der Waals surface area contributed by atoms with E-state index in [-0.39, 0.29) is 28.6 Å². The molecule has 2 saturated heterocycles. The molecule has 7 nitrogen and oxygen atoms in total.